The lowest BCUT2D eigenvalue weighted by Crippen LogP contribution is -2.44. The molecule has 0 spiro atoms. The fourth-order valence-electron chi connectivity index (χ4n) is 5.48. The summed E-state index contributed by atoms with van der Waals surface area (Å²) in [7, 11) is 5.07. The van der Waals surface area contributed by atoms with Crippen molar-refractivity contribution in [3.8, 4) is 22.6 Å². The molecule has 11 nitrogen and oxygen atoms in total. The Morgan fingerprint density at radius 2 is 1.70 bits per heavy atom. The second-order valence-electron chi connectivity index (χ2n) is 10.8. The smallest absolute Gasteiger partial charge is 0.292 e. The van der Waals surface area contributed by atoms with Gasteiger partial charge in [-0.2, -0.15) is 0 Å². The molecule has 0 saturated carbocycles. The number of anilines is 2. The Labute approximate surface area is 265 Å². The van der Waals surface area contributed by atoms with Gasteiger partial charge in [0.1, 0.15) is 23.0 Å². The van der Waals surface area contributed by atoms with Crippen LogP contribution in [-0.4, -0.2) is 78.3 Å². The van der Waals surface area contributed by atoms with Gasteiger partial charge in [0.2, 0.25) is 0 Å². The molecule has 3 heterocycles. The van der Waals surface area contributed by atoms with Crippen LogP contribution in [0, 0.1) is 17.0 Å². The number of nitro groups is 1. The summed E-state index contributed by atoms with van der Waals surface area (Å²) in [6, 6.07) is 9.87. The van der Waals surface area contributed by atoms with Crippen LogP contribution < -0.4 is 20.3 Å². The molecule has 0 amide bonds. The van der Waals surface area contributed by atoms with Crippen molar-refractivity contribution in [2.45, 2.75) is 19.9 Å². The summed E-state index contributed by atoms with van der Waals surface area (Å²) in [6.07, 6.45) is 2.35. The molecule has 2 aromatic heterocycles. The van der Waals surface area contributed by atoms with E-state index in [9.17, 15) is 14.9 Å². The van der Waals surface area contributed by atoms with Crippen LogP contribution in [0.3, 0.4) is 0 Å². The van der Waals surface area contributed by atoms with E-state index >= 15 is 0 Å². The number of halogens is 2. The third-order valence-electron chi connectivity index (χ3n) is 7.97. The summed E-state index contributed by atoms with van der Waals surface area (Å²) in [5, 5.41) is 15.9. The van der Waals surface area contributed by atoms with E-state index in [2.05, 4.69) is 27.1 Å². The Morgan fingerprint density at radius 1 is 1.02 bits per heavy atom. The van der Waals surface area contributed by atoms with Gasteiger partial charge >= 0.3 is 0 Å². The van der Waals surface area contributed by atoms with Crippen molar-refractivity contribution < 1.29 is 14.4 Å². The van der Waals surface area contributed by atoms with Crippen molar-refractivity contribution in [1.29, 1.82) is 0 Å². The maximum atomic E-state index is 14.3. The third kappa shape index (κ3) is 6.32. The first-order valence-electron chi connectivity index (χ1n) is 14.2. The number of likely N-dealkylation sites (N-methyl/N-ethyl adjacent to an activating group) is 1. The molecule has 0 radical (unpaired) electrons. The standard InChI is InChI=1S/C31H34Cl2N6O5/c1-19-7-5-8-22(39(41)42)30(19)35-26-16-23-20(18-34-26)15-21(27-28(32)24(43-3)17-25(44-4)29(27)33)31(40)38(23)10-6-9-37-13-11-36(2)12-14-37/h5,7-8,15-18H,6,9-14H2,1-4H3,(H,34,35). The number of nitro benzene ring substituents is 1. The lowest BCUT2D eigenvalue weighted by molar-refractivity contribution is -0.384. The van der Waals surface area contributed by atoms with Crippen LogP contribution in [0.2, 0.25) is 10.0 Å². The Bertz CT molecular complexity index is 1740. The van der Waals surface area contributed by atoms with Crippen LogP contribution in [0.15, 0.2) is 47.4 Å². The van der Waals surface area contributed by atoms with E-state index in [-0.39, 0.29) is 26.9 Å². The summed E-state index contributed by atoms with van der Waals surface area (Å²) < 4.78 is 12.6. The Balaban J connectivity index is 1.62. The molecule has 1 saturated heterocycles. The number of hydrogen-bond acceptors (Lipinski definition) is 9. The van der Waals surface area contributed by atoms with Gasteiger partial charge in [0.25, 0.3) is 11.2 Å². The third-order valence-corrected chi connectivity index (χ3v) is 8.72. The van der Waals surface area contributed by atoms with E-state index in [0.717, 1.165) is 39.1 Å². The number of piperazine rings is 1. The Morgan fingerprint density at radius 3 is 2.34 bits per heavy atom. The topological polar surface area (TPSA) is 115 Å². The minimum Gasteiger partial charge on any atom is -0.495 e. The monoisotopic (exact) mass is 640 g/mol. The van der Waals surface area contributed by atoms with E-state index in [1.54, 1.807) is 48.0 Å². The van der Waals surface area contributed by atoms with Crippen molar-refractivity contribution in [2.75, 3.05) is 59.3 Å². The average Bonchev–Trinajstić information content (AvgIpc) is 3.01. The molecule has 0 atom stereocenters. The number of rotatable bonds is 10. The lowest BCUT2D eigenvalue weighted by atomic mass is 10.0. The molecule has 0 unspecified atom stereocenters. The number of para-hydroxylation sites is 1. The second-order valence-corrected chi connectivity index (χ2v) is 11.5. The molecular formula is C31H34Cl2N6O5. The highest BCUT2D eigenvalue weighted by Crippen LogP contribution is 2.45. The SMILES string of the molecule is COc1cc(OC)c(Cl)c(-c2cc3cnc(Nc4c(C)cccc4[N+](=O)[O-])cc3n(CCCN3CCN(C)CC3)c2=O)c1Cl. The van der Waals surface area contributed by atoms with Gasteiger partial charge in [0, 0.05) is 68.1 Å². The number of aryl methyl sites for hydroxylation is 2. The van der Waals surface area contributed by atoms with Crippen molar-refractivity contribution in [3.05, 3.63) is 78.7 Å². The highest BCUT2D eigenvalue weighted by atomic mass is 35.5. The first kappa shape index (κ1) is 31.5. The first-order chi connectivity index (χ1) is 21.1. The van der Waals surface area contributed by atoms with Gasteiger partial charge in [0.15, 0.2) is 0 Å². The number of aromatic nitrogens is 2. The summed E-state index contributed by atoms with van der Waals surface area (Å²) in [4.78, 5) is 34.8. The van der Waals surface area contributed by atoms with E-state index in [1.807, 2.05) is 0 Å². The fourth-order valence-corrected chi connectivity index (χ4v) is 6.19. The summed E-state index contributed by atoms with van der Waals surface area (Å²) in [6.45, 7) is 6.96. The quantitative estimate of drug-likeness (QED) is 0.165. The molecule has 2 aromatic carbocycles. The molecule has 1 N–H and O–H groups in total. The fraction of sp³-hybridized carbons (Fsp3) is 0.355. The van der Waals surface area contributed by atoms with Crippen LogP contribution in [0.1, 0.15) is 12.0 Å². The van der Waals surface area contributed by atoms with Crippen molar-refractivity contribution in [3.63, 3.8) is 0 Å². The molecule has 0 bridgehead atoms. The summed E-state index contributed by atoms with van der Waals surface area (Å²) in [5.41, 5.74) is 1.87. The van der Waals surface area contributed by atoms with Gasteiger partial charge in [0.05, 0.1) is 40.3 Å². The van der Waals surface area contributed by atoms with Gasteiger partial charge in [-0.3, -0.25) is 14.9 Å². The molecule has 13 heteroatoms. The highest BCUT2D eigenvalue weighted by molar-refractivity contribution is 6.41. The van der Waals surface area contributed by atoms with Crippen LogP contribution in [-0.2, 0) is 6.54 Å². The maximum Gasteiger partial charge on any atom is 0.292 e. The number of methoxy groups -OCH3 is 2. The van der Waals surface area contributed by atoms with Gasteiger partial charge in [-0.15, -0.1) is 0 Å². The van der Waals surface area contributed by atoms with Crippen molar-refractivity contribution in [2.24, 2.45) is 0 Å². The van der Waals surface area contributed by atoms with E-state index in [4.69, 9.17) is 32.7 Å². The van der Waals surface area contributed by atoms with E-state index in [1.165, 1.54) is 20.3 Å². The largest absolute Gasteiger partial charge is 0.495 e. The van der Waals surface area contributed by atoms with Crippen LogP contribution >= 0.6 is 23.2 Å². The number of hydrogen-bond donors (Lipinski definition) is 1. The molecule has 232 valence electrons. The molecule has 44 heavy (non-hydrogen) atoms. The van der Waals surface area contributed by atoms with Gasteiger partial charge in [-0.25, -0.2) is 4.98 Å². The van der Waals surface area contributed by atoms with Crippen molar-refractivity contribution in [1.82, 2.24) is 19.4 Å². The maximum absolute atomic E-state index is 14.3. The van der Waals surface area contributed by atoms with E-state index in [0.29, 0.717) is 51.6 Å². The predicted molar refractivity (Wildman–Crippen MR) is 174 cm³/mol. The molecule has 1 fully saturated rings. The minimum absolute atomic E-state index is 0.0666. The highest BCUT2D eigenvalue weighted by Gasteiger charge is 2.24. The van der Waals surface area contributed by atoms with Crippen LogP contribution in [0.25, 0.3) is 22.0 Å². The zero-order valence-electron chi connectivity index (χ0n) is 25.0. The molecule has 0 aliphatic carbocycles. The van der Waals surface area contributed by atoms with Gasteiger partial charge in [-0.05, 0) is 38.6 Å². The molecule has 1 aliphatic heterocycles. The molecule has 4 aromatic rings. The first-order valence-corrected chi connectivity index (χ1v) is 14.9. The minimum atomic E-state index is -0.438. The number of nitrogens with one attached hydrogen (secondary N) is 1. The Hall–Kier alpha value is -3.90. The number of fused-ring (bicyclic) bond motifs is 1. The van der Waals surface area contributed by atoms with Gasteiger partial charge in [-0.1, -0.05) is 35.3 Å². The zero-order chi connectivity index (χ0) is 31.5. The Kier molecular flexibility index (Phi) is 9.59. The van der Waals surface area contributed by atoms with Crippen LogP contribution in [0.4, 0.5) is 17.2 Å². The van der Waals surface area contributed by atoms with Crippen LogP contribution in [0.5, 0.6) is 11.5 Å². The number of nitrogens with zero attached hydrogens (tertiary/aromatic N) is 5. The normalized spacial score (nSPS) is 14.1. The molecular weight excluding hydrogens is 607 g/mol. The molecule has 5 rings (SSSR count). The van der Waals surface area contributed by atoms with Gasteiger partial charge < -0.3 is 29.2 Å². The number of benzene rings is 2. The number of pyridine rings is 2. The lowest BCUT2D eigenvalue weighted by Gasteiger charge is -2.32. The zero-order valence-corrected chi connectivity index (χ0v) is 26.5. The summed E-state index contributed by atoms with van der Waals surface area (Å²) in [5.74, 6) is 1.01. The number of ether oxygens (including phenoxy) is 2. The van der Waals surface area contributed by atoms with E-state index < -0.39 is 4.92 Å². The summed E-state index contributed by atoms with van der Waals surface area (Å²) >= 11 is 13.5. The second kappa shape index (κ2) is 13.4. The van der Waals surface area contributed by atoms with Crippen molar-refractivity contribution >= 4 is 51.3 Å². The average molecular weight is 642 g/mol. The molecule has 1 aliphatic rings. The predicted octanol–water partition coefficient (Wildman–Crippen LogP) is 5.99.